The van der Waals surface area contributed by atoms with Gasteiger partial charge in [0.05, 0.1) is 6.61 Å². The van der Waals surface area contributed by atoms with E-state index in [4.69, 9.17) is 4.74 Å². The van der Waals surface area contributed by atoms with Crippen LogP contribution in [0.5, 0.6) is 5.75 Å². The number of rotatable bonds is 4. The first-order valence-electron chi connectivity index (χ1n) is 4.70. The van der Waals surface area contributed by atoms with E-state index in [1.807, 2.05) is 25.1 Å². The Morgan fingerprint density at radius 2 is 2.15 bits per heavy atom. The van der Waals surface area contributed by atoms with Crippen LogP contribution in [0.3, 0.4) is 0 Å². The average molecular weight is 176 g/mol. The van der Waals surface area contributed by atoms with Crippen LogP contribution in [-0.4, -0.2) is 6.61 Å². The summed E-state index contributed by atoms with van der Waals surface area (Å²) in [7, 11) is 0. The Labute approximate surface area is 80.0 Å². The molecule has 0 aliphatic heterocycles. The highest BCUT2D eigenvalue weighted by atomic mass is 16.5. The summed E-state index contributed by atoms with van der Waals surface area (Å²) in [4.78, 5) is 0. The van der Waals surface area contributed by atoms with E-state index < -0.39 is 0 Å². The minimum Gasteiger partial charge on any atom is -0.494 e. The molecule has 1 rings (SSSR count). The molecule has 0 saturated carbocycles. The van der Waals surface area contributed by atoms with Gasteiger partial charge in [0.2, 0.25) is 0 Å². The summed E-state index contributed by atoms with van der Waals surface area (Å²) in [5.41, 5.74) is 2.49. The summed E-state index contributed by atoms with van der Waals surface area (Å²) in [5.74, 6) is 0.926. The van der Waals surface area contributed by atoms with Gasteiger partial charge >= 0.3 is 0 Å². The zero-order valence-corrected chi connectivity index (χ0v) is 8.34. The summed E-state index contributed by atoms with van der Waals surface area (Å²) in [5, 5.41) is 0. The van der Waals surface area contributed by atoms with E-state index in [-0.39, 0.29) is 0 Å². The normalized spacial score (nSPS) is 9.69. The zero-order valence-electron chi connectivity index (χ0n) is 8.34. The molecule has 0 bridgehead atoms. The van der Waals surface area contributed by atoms with E-state index in [1.54, 1.807) is 0 Å². The number of hydrogen-bond donors (Lipinski definition) is 0. The Hall–Kier alpha value is -1.24. The van der Waals surface area contributed by atoms with Crippen molar-refractivity contribution in [3.63, 3.8) is 0 Å². The first-order chi connectivity index (χ1) is 6.31. The van der Waals surface area contributed by atoms with Crippen molar-refractivity contribution >= 4 is 6.08 Å². The monoisotopic (exact) mass is 176 g/mol. The van der Waals surface area contributed by atoms with Gasteiger partial charge in [-0.1, -0.05) is 25.6 Å². The molecule has 1 aromatic carbocycles. The second kappa shape index (κ2) is 4.70. The fraction of sp³-hybridized carbons (Fsp3) is 0.333. The standard InChI is InChI=1S/C12H16O/c1-4-10-7-8-12(13-6-3)9-11(10)5-2/h5,7-9H,2,4,6H2,1,3H3. The van der Waals surface area contributed by atoms with Crippen molar-refractivity contribution in [2.24, 2.45) is 0 Å². The Kier molecular flexibility index (Phi) is 3.56. The molecule has 1 nitrogen and oxygen atoms in total. The van der Waals surface area contributed by atoms with Crippen molar-refractivity contribution in [2.75, 3.05) is 6.61 Å². The lowest BCUT2D eigenvalue weighted by Gasteiger charge is -2.07. The lowest BCUT2D eigenvalue weighted by molar-refractivity contribution is 0.340. The smallest absolute Gasteiger partial charge is 0.119 e. The van der Waals surface area contributed by atoms with Gasteiger partial charge in [-0.3, -0.25) is 0 Å². The molecule has 70 valence electrons. The van der Waals surface area contributed by atoms with Gasteiger partial charge in [-0.2, -0.15) is 0 Å². The summed E-state index contributed by atoms with van der Waals surface area (Å²) < 4.78 is 5.40. The van der Waals surface area contributed by atoms with Crippen molar-refractivity contribution in [2.45, 2.75) is 20.3 Å². The Balaban J connectivity index is 2.98. The van der Waals surface area contributed by atoms with E-state index in [0.29, 0.717) is 6.61 Å². The SMILES string of the molecule is C=Cc1cc(OCC)ccc1CC. The topological polar surface area (TPSA) is 9.23 Å². The molecule has 0 N–H and O–H groups in total. The van der Waals surface area contributed by atoms with Gasteiger partial charge in [0.15, 0.2) is 0 Å². The molecule has 1 heteroatoms. The predicted molar refractivity (Wildman–Crippen MR) is 57.1 cm³/mol. The molecule has 0 amide bonds. The molecule has 0 heterocycles. The minimum absolute atomic E-state index is 0.710. The Morgan fingerprint density at radius 3 is 2.69 bits per heavy atom. The van der Waals surface area contributed by atoms with Crippen LogP contribution in [0.25, 0.3) is 6.08 Å². The third-order valence-corrected chi connectivity index (χ3v) is 2.03. The maximum Gasteiger partial charge on any atom is 0.119 e. The summed E-state index contributed by atoms with van der Waals surface area (Å²) in [6, 6.07) is 6.15. The molecule has 0 radical (unpaired) electrons. The van der Waals surface area contributed by atoms with Gasteiger partial charge < -0.3 is 4.74 Å². The van der Waals surface area contributed by atoms with Crippen LogP contribution in [-0.2, 0) is 6.42 Å². The molecule has 0 aromatic heterocycles. The first-order valence-corrected chi connectivity index (χ1v) is 4.70. The second-order valence-corrected chi connectivity index (χ2v) is 2.85. The Bertz CT molecular complexity index is 289. The summed E-state index contributed by atoms with van der Waals surface area (Å²) >= 11 is 0. The van der Waals surface area contributed by atoms with Crippen molar-refractivity contribution < 1.29 is 4.74 Å². The number of benzene rings is 1. The maximum absolute atomic E-state index is 5.40. The van der Waals surface area contributed by atoms with Gasteiger partial charge in [-0.15, -0.1) is 0 Å². The molecule has 13 heavy (non-hydrogen) atoms. The van der Waals surface area contributed by atoms with Crippen LogP contribution < -0.4 is 4.74 Å². The quantitative estimate of drug-likeness (QED) is 0.684. The van der Waals surface area contributed by atoms with Gasteiger partial charge in [0.1, 0.15) is 5.75 Å². The molecular weight excluding hydrogens is 160 g/mol. The Morgan fingerprint density at radius 1 is 1.38 bits per heavy atom. The lowest BCUT2D eigenvalue weighted by atomic mass is 10.1. The van der Waals surface area contributed by atoms with Crippen molar-refractivity contribution in [1.82, 2.24) is 0 Å². The fourth-order valence-electron chi connectivity index (χ4n) is 1.34. The van der Waals surface area contributed by atoms with Gasteiger partial charge in [-0.25, -0.2) is 0 Å². The lowest BCUT2D eigenvalue weighted by Crippen LogP contribution is -1.93. The van der Waals surface area contributed by atoms with Crippen LogP contribution in [0, 0.1) is 0 Å². The third-order valence-electron chi connectivity index (χ3n) is 2.03. The molecule has 1 aromatic rings. The molecule has 0 aliphatic carbocycles. The highest BCUT2D eigenvalue weighted by molar-refractivity contribution is 5.54. The highest BCUT2D eigenvalue weighted by Crippen LogP contribution is 2.19. The average Bonchev–Trinajstić information content (AvgIpc) is 2.18. The van der Waals surface area contributed by atoms with E-state index in [9.17, 15) is 0 Å². The van der Waals surface area contributed by atoms with Crippen molar-refractivity contribution in [1.29, 1.82) is 0 Å². The van der Waals surface area contributed by atoms with Crippen LogP contribution in [0.4, 0.5) is 0 Å². The largest absolute Gasteiger partial charge is 0.494 e. The van der Waals surface area contributed by atoms with E-state index in [1.165, 1.54) is 11.1 Å². The third kappa shape index (κ3) is 2.35. The molecule has 0 spiro atoms. The van der Waals surface area contributed by atoms with Crippen LogP contribution in [0.1, 0.15) is 25.0 Å². The maximum atomic E-state index is 5.40. The summed E-state index contributed by atoms with van der Waals surface area (Å²) in [6.07, 6.45) is 2.91. The first kappa shape index (κ1) is 9.85. The summed E-state index contributed by atoms with van der Waals surface area (Å²) in [6.45, 7) is 8.62. The molecule has 0 aliphatic rings. The molecule has 0 unspecified atom stereocenters. The van der Waals surface area contributed by atoms with E-state index in [0.717, 1.165) is 12.2 Å². The number of aryl methyl sites for hydroxylation is 1. The zero-order chi connectivity index (χ0) is 9.68. The fourth-order valence-corrected chi connectivity index (χ4v) is 1.34. The van der Waals surface area contributed by atoms with Crippen LogP contribution >= 0.6 is 0 Å². The van der Waals surface area contributed by atoms with E-state index >= 15 is 0 Å². The van der Waals surface area contributed by atoms with Gasteiger partial charge in [-0.05, 0) is 36.6 Å². The predicted octanol–water partition coefficient (Wildman–Crippen LogP) is 3.29. The number of hydrogen-bond acceptors (Lipinski definition) is 1. The van der Waals surface area contributed by atoms with Crippen LogP contribution in [0.15, 0.2) is 24.8 Å². The second-order valence-electron chi connectivity index (χ2n) is 2.85. The van der Waals surface area contributed by atoms with Crippen molar-refractivity contribution in [3.05, 3.63) is 35.9 Å². The highest BCUT2D eigenvalue weighted by Gasteiger charge is 1.99. The molecule has 0 atom stereocenters. The van der Waals surface area contributed by atoms with Crippen molar-refractivity contribution in [3.8, 4) is 5.75 Å². The number of ether oxygens (including phenoxy) is 1. The molecular formula is C12H16O. The van der Waals surface area contributed by atoms with Gasteiger partial charge in [0.25, 0.3) is 0 Å². The van der Waals surface area contributed by atoms with E-state index in [2.05, 4.69) is 19.6 Å². The molecule has 0 fully saturated rings. The van der Waals surface area contributed by atoms with Gasteiger partial charge in [0, 0.05) is 0 Å². The molecule has 0 saturated heterocycles. The van der Waals surface area contributed by atoms with Crippen LogP contribution in [0.2, 0.25) is 0 Å². The minimum atomic E-state index is 0.710.